The van der Waals surface area contributed by atoms with Crippen molar-refractivity contribution in [1.29, 1.82) is 0 Å². The molecule has 12 heavy (non-hydrogen) atoms. The molecule has 0 aromatic carbocycles. The molecule has 0 spiro atoms. The third-order valence-corrected chi connectivity index (χ3v) is 3.16. The first kappa shape index (κ1) is 8.24. The lowest BCUT2D eigenvalue weighted by molar-refractivity contribution is -0.122. The summed E-state index contributed by atoms with van der Waals surface area (Å²) in [6.45, 7) is 1.04. The van der Waals surface area contributed by atoms with Gasteiger partial charge in [0.15, 0.2) is 0 Å². The summed E-state index contributed by atoms with van der Waals surface area (Å²) in [4.78, 5) is 11.6. The van der Waals surface area contributed by atoms with E-state index >= 15 is 0 Å². The lowest BCUT2D eigenvalue weighted by atomic mass is 9.81. The van der Waals surface area contributed by atoms with Crippen LogP contribution in [0.2, 0.25) is 0 Å². The van der Waals surface area contributed by atoms with E-state index in [9.17, 15) is 4.79 Å². The first-order valence-corrected chi connectivity index (χ1v) is 5.12. The van der Waals surface area contributed by atoms with Gasteiger partial charge < -0.3 is 5.32 Å². The first-order valence-electron chi connectivity index (χ1n) is 5.12. The summed E-state index contributed by atoms with van der Waals surface area (Å²) in [5.74, 6) is 1.21. The summed E-state index contributed by atoms with van der Waals surface area (Å²) < 4.78 is 0. The fourth-order valence-electron chi connectivity index (χ4n) is 2.08. The van der Waals surface area contributed by atoms with Crippen molar-refractivity contribution in [3.8, 4) is 0 Å². The molecule has 1 aliphatic carbocycles. The molecule has 0 radical (unpaired) electrons. The Morgan fingerprint density at radius 1 is 1.25 bits per heavy atom. The van der Waals surface area contributed by atoms with Gasteiger partial charge in [-0.25, -0.2) is 0 Å². The Labute approximate surface area is 73.7 Å². The third kappa shape index (κ3) is 1.69. The zero-order valence-corrected chi connectivity index (χ0v) is 7.51. The lowest BCUT2D eigenvalue weighted by Gasteiger charge is -2.25. The predicted molar refractivity (Wildman–Crippen MR) is 48.0 cm³/mol. The second-order valence-electron chi connectivity index (χ2n) is 4.12. The van der Waals surface area contributed by atoms with Crippen LogP contribution >= 0.6 is 0 Å². The molecular formula is C10H17NO. The maximum absolute atomic E-state index is 11.6. The molecule has 68 valence electrons. The van der Waals surface area contributed by atoms with Gasteiger partial charge in [0, 0.05) is 6.42 Å². The summed E-state index contributed by atoms with van der Waals surface area (Å²) in [6, 6.07) is 0.214. The van der Waals surface area contributed by atoms with Crippen molar-refractivity contribution in [3.63, 3.8) is 0 Å². The number of carbonyl (C=O) groups is 1. The van der Waals surface area contributed by atoms with Crippen LogP contribution in [0.4, 0.5) is 0 Å². The van der Waals surface area contributed by atoms with E-state index in [4.69, 9.17) is 0 Å². The van der Waals surface area contributed by atoms with Gasteiger partial charge >= 0.3 is 0 Å². The molecule has 0 amide bonds. The number of carbonyl (C=O) groups excluding carboxylic acids is 1. The van der Waals surface area contributed by atoms with Gasteiger partial charge in [0.1, 0.15) is 5.78 Å². The van der Waals surface area contributed by atoms with Crippen LogP contribution in [0.15, 0.2) is 0 Å². The quantitative estimate of drug-likeness (QED) is 0.690. The number of hydrogen-bond acceptors (Lipinski definition) is 2. The van der Waals surface area contributed by atoms with Gasteiger partial charge in [-0.2, -0.15) is 0 Å². The molecule has 1 atom stereocenters. The van der Waals surface area contributed by atoms with Crippen molar-refractivity contribution in [2.24, 2.45) is 5.92 Å². The average Bonchev–Trinajstić information content (AvgIpc) is 2.47. The third-order valence-electron chi connectivity index (χ3n) is 3.16. The zero-order chi connectivity index (χ0) is 8.39. The molecular weight excluding hydrogens is 150 g/mol. The molecule has 2 rings (SSSR count). The van der Waals surface area contributed by atoms with Gasteiger partial charge in [-0.1, -0.05) is 19.3 Å². The normalized spacial score (nSPS) is 30.2. The van der Waals surface area contributed by atoms with Crippen LogP contribution in [-0.4, -0.2) is 18.4 Å². The summed E-state index contributed by atoms with van der Waals surface area (Å²) >= 11 is 0. The van der Waals surface area contributed by atoms with E-state index in [-0.39, 0.29) is 6.04 Å². The van der Waals surface area contributed by atoms with Gasteiger partial charge in [-0.15, -0.1) is 0 Å². The highest BCUT2D eigenvalue weighted by atomic mass is 16.1. The minimum atomic E-state index is 0.214. The van der Waals surface area contributed by atoms with Gasteiger partial charge in [0.2, 0.25) is 0 Å². The number of Topliss-reactive ketones (excluding diaryl/α,β-unsaturated/α-hetero) is 1. The highest BCUT2D eigenvalue weighted by molar-refractivity contribution is 5.84. The molecule has 1 N–H and O–H groups in total. The van der Waals surface area contributed by atoms with Crippen LogP contribution in [0.5, 0.6) is 0 Å². The molecule has 1 heterocycles. The Balaban J connectivity index is 1.74. The molecule has 0 aromatic rings. The molecule has 2 heteroatoms. The second-order valence-corrected chi connectivity index (χ2v) is 4.12. The summed E-state index contributed by atoms with van der Waals surface area (Å²) in [5, 5.41) is 3.26. The smallest absolute Gasteiger partial charge is 0.150 e. The predicted octanol–water partition coefficient (Wildman–Crippen LogP) is 1.50. The van der Waals surface area contributed by atoms with Crippen LogP contribution < -0.4 is 5.32 Å². The highest BCUT2D eigenvalue weighted by Gasteiger charge is 2.26. The fourth-order valence-corrected chi connectivity index (χ4v) is 2.08. The van der Waals surface area contributed by atoms with Gasteiger partial charge in [0.25, 0.3) is 0 Å². The number of ketones is 1. The van der Waals surface area contributed by atoms with Crippen molar-refractivity contribution >= 4 is 5.78 Å². The summed E-state index contributed by atoms with van der Waals surface area (Å²) in [7, 11) is 0. The molecule has 2 aliphatic rings. The Morgan fingerprint density at radius 2 is 2.08 bits per heavy atom. The van der Waals surface area contributed by atoms with Gasteiger partial charge in [-0.05, 0) is 25.3 Å². The molecule has 2 nitrogen and oxygen atoms in total. The van der Waals surface area contributed by atoms with E-state index in [0.717, 1.165) is 25.3 Å². The van der Waals surface area contributed by atoms with E-state index in [2.05, 4.69) is 5.32 Å². The Bertz CT molecular complexity index is 169. The monoisotopic (exact) mass is 167 g/mol. The zero-order valence-electron chi connectivity index (χ0n) is 7.51. The molecule has 2 fully saturated rings. The van der Waals surface area contributed by atoms with Crippen molar-refractivity contribution in [3.05, 3.63) is 0 Å². The molecule has 0 bridgehead atoms. The van der Waals surface area contributed by atoms with Gasteiger partial charge in [-0.3, -0.25) is 4.79 Å². The molecule has 1 saturated carbocycles. The lowest BCUT2D eigenvalue weighted by Crippen LogP contribution is -2.33. The molecule has 0 aromatic heterocycles. The Kier molecular flexibility index (Phi) is 2.45. The number of hydrogen-bond donors (Lipinski definition) is 1. The number of rotatable bonds is 3. The van der Waals surface area contributed by atoms with Crippen molar-refractivity contribution < 1.29 is 4.79 Å². The first-order chi connectivity index (χ1) is 5.86. The average molecular weight is 167 g/mol. The van der Waals surface area contributed by atoms with Crippen molar-refractivity contribution in [2.75, 3.05) is 6.54 Å². The molecule has 1 unspecified atom stereocenters. The van der Waals surface area contributed by atoms with Crippen LogP contribution in [0.3, 0.4) is 0 Å². The fraction of sp³-hybridized carbons (Fsp3) is 0.900. The van der Waals surface area contributed by atoms with Crippen molar-refractivity contribution in [1.82, 2.24) is 5.32 Å². The molecule has 1 saturated heterocycles. The van der Waals surface area contributed by atoms with Crippen LogP contribution in [-0.2, 0) is 4.79 Å². The Morgan fingerprint density at radius 3 is 2.58 bits per heavy atom. The number of nitrogens with one attached hydrogen (secondary N) is 1. The maximum Gasteiger partial charge on any atom is 0.150 e. The topological polar surface area (TPSA) is 29.1 Å². The SMILES string of the molecule is O=C(CC1CCC1)C1CCCN1. The van der Waals surface area contributed by atoms with E-state index in [0.29, 0.717) is 5.78 Å². The summed E-state index contributed by atoms with van der Waals surface area (Å²) in [5.41, 5.74) is 0. The van der Waals surface area contributed by atoms with Crippen molar-refractivity contribution in [2.45, 2.75) is 44.6 Å². The van der Waals surface area contributed by atoms with Crippen LogP contribution in [0.25, 0.3) is 0 Å². The van der Waals surface area contributed by atoms with E-state index < -0.39 is 0 Å². The standard InChI is InChI=1S/C10H17NO/c12-10(7-8-3-1-4-8)9-5-2-6-11-9/h8-9,11H,1-7H2. The van der Waals surface area contributed by atoms with Crippen LogP contribution in [0, 0.1) is 5.92 Å². The minimum Gasteiger partial charge on any atom is -0.307 e. The Hall–Kier alpha value is -0.370. The van der Waals surface area contributed by atoms with Crippen LogP contribution in [0.1, 0.15) is 38.5 Å². The highest BCUT2D eigenvalue weighted by Crippen LogP contribution is 2.30. The minimum absolute atomic E-state index is 0.214. The van der Waals surface area contributed by atoms with E-state index in [1.807, 2.05) is 0 Å². The second kappa shape index (κ2) is 3.56. The van der Waals surface area contributed by atoms with Gasteiger partial charge in [0.05, 0.1) is 6.04 Å². The molecule has 1 aliphatic heterocycles. The maximum atomic E-state index is 11.6. The largest absolute Gasteiger partial charge is 0.307 e. The summed E-state index contributed by atoms with van der Waals surface area (Å²) in [6.07, 6.45) is 7.03. The van der Waals surface area contributed by atoms with E-state index in [1.54, 1.807) is 0 Å². The van der Waals surface area contributed by atoms with E-state index in [1.165, 1.54) is 25.7 Å².